The van der Waals surface area contributed by atoms with E-state index in [0.29, 0.717) is 11.5 Å². The van der Waals surface area contributed by atoms with Gasteiger partial charge in [-0.3, -0.25) is 9.59 Å². The lowest BCUT2D eigenvalue weighted by Gasteiger charge is -2.18. The highest BCUT2D eigenvalue weighted by atomic mass is 19.4. The maximum absolute atomic E-state index is 12.7. The number of pyridine rings is 1. The molecule has 0 spiro atoms. The molecule has 34 heavy (non-hydrogen) atoms. The molecule has 1 heterocycles. The normalized spacial score (nSPS) is 12.9. The highest BCUT2D eigenvalue weighted by molar-refractivity contribution is 6.04. The third kappa shape index (κ3) is 5.43. The van der Waals surface area contributed by atoms with E-state index in [0.717, 1.165) is 36.1 Å². The second-order valence-corrected chi connectivity index (χ2v) is 7.54. The molecule has 6 nitrogen and oxygen atoms in total. The molecule has 1 aliphatic rings. The van der Waals surface area contributed by atoms with Crippen molar-refractivity contribution in [2.45, 2.75) is 25.9 Å². The van der Waals surface area contributed by atoms with Crippen molar-refractivity contribution in [2.24, 2.45) is 0 Å². The average molecular weight is 468 g/mol. The molecule has 0 aliphatic heterocycles. The molecule has 0 bridgehead atoms. The summed E-state index contributed by atoms with van der Waals surface area (Å²) in [6, 6.07) is 12.6. The van der Waals surface area contributed by atoms with Gasteiger partial charge in [0.1, 0.15) is 11.5 Å². The van der Waals surface area contributed by atoms with Crippen LogP contribution < -0.4 is 10.1 Å². The molecule has 9 heteroatoms. The number of anilines is 1. The largest absolute Gasteiger partial charge is 0.439 e. The highest BCUT2D eigenvalue weighted by Crippen LogP contribution is 2.32. The number of nitrogens with zero attached hydrogens (tertiary/aromatic N) is 1. The molecule has 1 aliphatic carbocycles. The number of alkyl halides is 3. The molecule has 1 amide bonds. The standard InChI is InChI=1S/C25H19F3N2O4/c1-15(31)33-22-4-2-3-16-5-11-20(13-21(16)22)34-23-12-6-17(14-29-23)24(32)30-19-9-7-18(8-10-19)25(26,27)28/h4-14H,2-3H2,1H3,(H,30,32). The Hall–Kier alpha value is -4.14. The summed E-state index contributed by atoms with van der Waals surface area (Å²) in [6.45, 7) is 1.34. The number of allylic oxidation sites excluding steroid dienone is 1. The van der Waals surface area contributed by atoms with Crippen LogP contribution >= 0.6 is 0 Å². The monoisotopic (exact) mass is 468 g/mol. The number of rotatable bonds is 5. The van der Waals surface area contributed by atoms with E-state index < -0.39 is 23.6 Å². The molecule has 0 atom stereocenters. The zero-order chi connectivity index (χ0) is 24.3. The van der Waals surface area contributed by atoms with Gasteiger partial charge in [0.25, 0.3) is 5.91 Å². The van der Waals surface area contributed by atoms with Gasteiger partial charge in [-0.1, -0.05) is 6.07 Å². The number of aryl methyl sites for hydroxylation is 1. The quantitative estimate of drug-likeness (QED) is 0.465. The number of ether oxygens (including phenoxy) is 2. The van der Waals surface area contributed by atoms with Gasteiger partial charge in [0.05, 0.1) is 11.1 Å². The minimum Gasteiger partial charge on any atom is -0.439 e. The van der Waals surface area contributed by atoms with E-state index in [-0.39, 0.29) is 17.1 Å². The van der Waals surface area contributed by atoms with Crippen LogP contribution in [0.15, 0.2) is 66.9 Å². The van der Waals surface area contributed by atoms with Gasteiger partial charge in [0.15, 0.2) is 0 Å². The third-order valence-electron chi connectivity index (χ3n) is 5.03. The minimum atomic E-state index is -4.45. The van der Waals surface area contributed by atoms with Crippen molar-refractivity contribution in [2.75, 3.05) is 5.32 Å². The summed E-state index contributed by atoms with van der Waals surface area (Å²) >= 11 is 0. The molecular formula is C25H19F3N2O4. The number of esters is 1. The molecule has 0 fully saturated rings. The van der Waals surface area contributed by atoms with Crippen LogP contribution in [0.4, 0.5) is 18.9 Å². The van der Waals surface area contributed by atoms with Gasteiger partial charge in [-0.25, -0.2) is 4.98 Å². The number of amides is 1. The summed E-state index contributed by atoms with van der Waals surface area (Å²) < 4.78 is 49.1. The van der Waals surface area contributed by atoms with Crippen LogP contribution in [-0.2, 0) is 22.1 Å². The number of hydrogen-bond donors (Lipinski definition) is 1. The number of aromatic nitrogens is 1. The number of benzene rings is 2. The summed E-state index contributed by atoms with van der Waals surface area (Å²) in [5.41, 5.74) is 1.44. The summed E-state index contributed by atoms with van der Waals surface area (Å²) in [5, 5.41) is 2.53. The van der Waals surface area contributed by atoms with E-state index in [1.165, 1.54) is 37.4 Å². The van der Waals surface area contributed by atoms with Crippen LogP contribution in [0, 0.1) is 0 Å². The molecule has 0 saturated carbocycles. The average Bonchev–Trinajstić information content (AvgIpc) is 2.79. The summed E-state index contributed by atoms with van der Waals surface area (Å²) in [5.74, 6) is 0.274. The van der Waals surface area contributed by atoms with Crippen molar-refractivity contribution in [3.63, 3.8) is 0 Å². The maximum atomic E-state index is 12.7. The Balaban J connectivity index is 1.43. The first kappa shape index (κ1) is 23.0. The highest BCUT2D eigenvalue weighted by Gasteiger charge is 2.30. The number of nitrogens with one attached hydrogen (secondary N) is 1. The van der Waals surface area contributed by atoms with Crippen LogP contribution in [-0.4, -0.2) is 16.9 Å². The Morgan fingerprint density at radius 3 is 2.44 bits per heavy atom. The first-order valence-electron chi connectivity index (χ1n) is 10.3. The molecule has 0 unspecified atom stereocenters. The molecular weight excluding hydrogens is 449 g/mol. The molecule has 1 aromatic heterocycles. The van der Waals surface area contributed by atoms with Crippen molar-refractivity contribution in [1.82, 2.24) is 4.98 Å². The van der Waals surface area contributed by atoms with Gasteiger partial charge < -0.3 is 14.8 Å². The minimum absolute atomic E-state index is 0.206. The summed E-state index contributed by atoms with van der Waals surface area (Å²) in [7, 11) is 0. The van der Waals surface area contributed by atoms with E-state index >= 15 is 0 Å². The predicted octanol–water partition coefficient (Wildman–Crippen LogP) is 6.00. The van der Waals surface area contributed by atoms with Crippen LogP contribution in [0.1, 0.15) is 40.4 Å². The fourth-order valence-corrected chi connectivity index (χ4v) is 3.43. The third-order valence-corrected chi connectivity index (χ3v) is 5.03. The lowest BCUT2D eigenvalue weighted by molar-refractivity contribution is -0.137. The van der Waals surface area contributed by atoms with Crippen molar-refractivity contribution in [3.8, 4) is 11.6 Å². The lowest BCUT2D eigenvalue weighted by Crippen LogP contribution is -2.12. The van der Waals surface area contributed by atoms with Crippen LogP contribution in [0.2, 0.25) is 0 Å². The number of halogens is 3. The van der Waals surface area contributed by atoms with Gasteiger partial charge in [0.2, 0.25) is 5.88 Å². The Kier molecular flexibility index (Phi) is 6.36. The van der Waals surface area contributed by atoms with Gasteiger partial charge in [0, 0.05) is 30.4 Å². The molecule has 0 radical (unpaired) electrons. The summed E-state index contributed by atoms with van der Waals surface area (Å²) in [4.78, 5) is 27.9. The lowest BCUT2D eigenvalue weighted by atomic mass is 9.95. The Labute approximate surface area is 193 Å². The second kappa shape index (κ2) is 9.38. The van der Waals surface area contributed by atoms with Crippen LogP contribution in [0.3, 0.4) is 0 Å². The van der Waals surface area contributed by atoms with Gasteiger partial charge in [-0.15, -0.1) is 0 Å². The SMILES string of the molecule is CC(=O)OC1=CCCc2ccc(Oc3ccc(C(=O)Nc4ccc(C(F)(F)F)cc4)cn3)cc21. The fourth-order valence-electron chi connectivity index (χ4n) is 3.43. The molecule has 4 rings (SSSR count). The van der Waals surface area contributed by atoms with E-state index in [2.05, 4.69) is 10.3 Å². The number of fused-ring (bicyclic) bond motifs is 1. The fraction of sp³-hybridized carbons (Fsp3) is 0.160. The van der Waals surface area contributed by atoms with Gasteiger partial charge >= 0.3 is 12.1 Å². The van der Waals surface area contributed by atoms with Crippen molar-refractivity contribution < 1.29 is 32.2 Å². The Morgan fingerprint density at radius 2 is 1.79 bits per heavy atom. The number of carbonyl (C=O) groups excluding carboxylic acids is 2. The van der Waals surface area contributed by atoms with Crippen LogP contribution in [0.25, 0.3) is 5.76 Å². The second-order valence-electron chi connectivity index (χ2n) is 7.54. The topological polar surface area (TPSA) is 77.5 Å². The maximum Gasteiger partial charge on any atom is 0.416 e. The number of hydrogen-bond acceptors (Lipinski definition) is 5. The predicted molar refractivity (Wildman–Crippen MR) is 118 cm³/mol. The Bertz CT molecular complexity index is 1250. The smallest absolute Gasteiger partial charge is 0.416 e. The van der Waals surface area contributed by atoms with Gasteiger partial charge in [-0.2, -0.15) is 13.2 Å². The van der Waals surface area contributed by atoms with Crippen molar-refractivity contribution in [3.05, 3.63) is 89.1 Å². The zero-order valence-corrected chi connectivity index (χ0v) is 18.0. The van der Waals surface area contributed by atoms with E-state index in [1.54, 1.807) is 12.1 Å². The van der Waals surface area contributed by atoms with E-state index in [1.807, 2.05) is 12.1 Å². The molecule has 2 aromatic carbocycles. The Morgan fingerprint density at radius 1 is 1.03 bits per heavy atom. The first-order valence-corrected chi connectivity index (χ1v) is 10.3. The molecule has 3 aromatic rings. The van der Waals surface area contributed by atoms with Crippen LogP contribution in [0.5, 0.6) is 11.6 Å². The first-order chi connectivity index (χ1) is 16.2. The number of carbonyl (C=O) groups is 2. The van der Waals surface area contributed by atoms with E-state index in [9.17, 15) is 22.8 Å². The van der Waals surface area contributed by atoms with Crippen molar-refractivity contribution in [1.29, 1.82) is 0 Å². The molecule has 0 saturated heterocycles. The van der Waals surface area contributed by atoms with Gasteiger partial charge in [-0.05, 0) is 66.9 Å². The van der Waals surface area contributed by atoms with Crippen molar-refractivity contribution >= 4 is 23.3 Å². The van der Waals surface area contributed by atoms with E-state index in [4.69, 9.17) is 9.47 Å². The zero-order valence-electron chi connectivity index (χ0n) is 18.0. The molecule has 1 N–H and O–H groups in total. The summed E-state index contributed by atoms with van der Waals surface area (Å²) in [6.07, 6.45) is 0.306. The molecule has 174 valence electrons.